The number of rotatable bonds is 29. The molecule has 254 valence electrons. The van der Waals surface area contributed by atoms with E-state index in [1.165, 1.54) is 38.5 Å². The van der Waals surface area contributed by atoms with E-state index in [1.54, 1.807) is 0 Å². The summed E-state index contributed by atoms with van der Waals surface area (Å²) >= 11 is 8.18. The van der Waals surface area contributed by atoms with Crippen LogP contribution in [0.25, 0.3) is 0 Å². The van der Waals surface area contributed by atoms with Crippen molar-refractivity contribution in [3.63, 3.8) is 0 Å². The van der Waals surface area contributed by atoms with Gasteiger partial charge in [0.25, 0.3) is 0 Å². The van der Waals surface area contributed by atoms with Gasteiger partial charge < -0.3 is 0 Å². The first-order valence-electron chi connectivity index (χ1n) is 17.3. The second-order valence-corrected chi connectivity index (χ2v) is 20.1. The van der Waals surface area contributed by atoms with Gasteiger partial charge in [-0.2, -0.15) is 0 Å². The van der Waals surface area contributed by atoms with Crippen LogP contribution in [0.3, 0.4) is 0 Å². The van der Waals surface area contributed by atoms with Gasteiger partial charge >= 0.3 is 288 Å². The normalized spacial score (nSPS) is 14.9. The Balaban J connectivity index is 5.99. The Labute approximate surface area is 286 Å². The molecular formula is C33H64O6S3Sn. The molecule has 0 rings (SSSR count). The molecule has 6 nitrogen and oxygen atoms in total. The molecule has 0 radical (unpaired) electrons. The summed E-state index contributed by atoms with van der Waals surface area (Å²) in [6.45, 7) is 8.44. The molecule has 10 heteroatoms. The summed E-state index contributed by atoms with van der Waals surface area (Å²) in [7, 11) is 0. The summed E-state index contributed by atoms with van der Waals surface area (Å²) in [5, 5.41) is 0. The van der Waals surface area contributed by atoms with Gasteiger partial charge in [-0.15, -0.1) is 0 Å². The van der Waals surface area contributed by atoms with E-state index in [0.717, 1.165) is 57.8 Å². The van der Waals surface area contributed by atoms with Crippen molar-refractivity contribution in [2.24, 2.45) is 17.8 Å². The topological polar surface area (TPSA) is 78.9 Å². The molecule has 0 aromatic rings. The third-order valence-electron chi connectivity index (χ3n) is 7.98. The van der Waals surface area contributed by atoms with Crippen LogP contribution in [0.4, 0.5) is 0 Å². The summed E-state index contributed by atoms with van der Waals surface area (Å²) in [5.74, 6) is -1.72. The molecular weight excluding hydrogens is 707 g/mol. The number of carbonyl (C=O) groups excluding carboxylic acids is 3. The Morgan fingerprint density at radius 2 is 0.744 bits per heavy atom. The van der Waals surface area contributed by atoms with Gasteiger partial charge in [0.05, 0.1) is 0 Å². The van der Waals surface area contributed by atoms with Crippen molar-refractivity contribution in [1.29, 1.82) is 0 Å². The summed E-state index contributed by atoms with van der Waals surface area (Å²) in [6.07, 6.45) is 18.7. The van der Waals surface area contributed by atoms with Crippen LogP contribution in [-0.2, 0) is 23.6 Å². The van der Waals surface area contributed by atoms with E-state index in [9.17, 15) is 14.4 Å². The van der Waals surface area contributed by atoms with Gasteiger partial charge in [-0.25, -0.2) is 0 Å². The molecule has 0 aliphatic heterocycles. The fourth-order valence-corrected chi connectivity index (χ4v) is 13.2. The fourth-order valence-electron chi connectivity index (χ4n) is 4.96. The predicted molar refractivity (Wildman–Crippen MR) is 191 cm³/mol. The zero-order chi connectivity index (χ0) is 32.3. The summed E-state index contributed by atoms with van der Waals surface area (Å²) in [6, 6.07) is 0. The number of thiol groups is 3. The van der Waals surface area contributed by atoms with E-state index >= 15 is 0 Å². The third-order valence-corrected chi connectivity index (χ3v) is 16.4. The van der Waals surface area contributed by atoms with Crippen molar-refractivity contribution in [2.45, 2.75) is 154 Å². The van der Waals surface area contributed by atoms with Gasteiger partial charge in [0.15, 0.2) is 0 Å². The van der Waals surface area contributed by atoms with Crippen LogP contribution in [0.5, 0.6) is 0 Å². The fraction of sp³-hybridized carbons (Fsp3) is 0.909. The van der Waals surface area contributed by atoms with Crippen molar-refractivity contribution in [1.82, 2.24) is 0 Å². The molecule has 0 aliphatic rings. The zero-order valence-corrected chi connectivity index (χ0v) is 33.3. The number of carbonyl (C=O) groups is 3. The first-order chi connectivity index (χ1) is 20.8. The van der Waals surface area contributed by atoms with Crippen molar-refractivity contribution in [2.75, 3.05) is 17.3 Å². The standard InChI is InChI=1S/C12H25.3C7H14O2S.Sn/c1-3-5-7-9-11-12-10-8-6-4-2;3*1-2-3-4-6(5-10)7(8)9;/h1,3-12H2,2H3;3*6,10H,2-5H2,1H3,(H,8,9);/q;;;;+3/p-3. The van der Waals surface area contributed by atoms with Crippen LogP contribution in [0.15, 0.2) is 0 Å². The molecule has 0 fully saturated rings. The summed E-state index contributed by atoms with van der Waals surface area (Å²) < 4.78 is 18.9. The third kappa shape index (κ3) is 20.2. The Kier molecular flexibility index (Phi) is 28.7. The van der Waals surface area contributed by atoms with Crippen LogP contribution in [0, 0.1) is 17.8 Å². The monoisotopic (exact) mass is 772 g/mol. The van der Waals surface area contributed by atoms with Gasteiger partial charge in [-0.1, -0.05) is 0 Å². The minimum atomic E-state index is -5.09. The van der Waals surface area contributed by atoms with Gasteiger partial charge in [-0.05, 0) is 0 Å². The van der Waals surface area contributed by atoms with Crippen LogP contribution in [0.2, 0.25) is 4.44 Å². The maximum atomic E-state index is 13.5. The molecule has 43 heavy (non-hydrogen) atoms. The first kappa shape index (κ1) is 43.3. The van der Waals surface area contributed by atoms with Crippen molar-refractivity contribution in [3.8, 4) is 0 Å². The van der Waals surface area contributed by atoms with Crippen LogP contribution < -0.4 is 0 Å². The quantitative estimate of drug-likeness (QED) is 0.0400. The Morgan fingerprint density at radius 3 is 1.02 bits per heavy atom. The molecule has 0 aromatic carbocycles. The van der Waals surface area contributed by atoms with E-state index in [-0.39, 0.29) is 0 Å². The average Bonchev–Trinajstić information content (AvgIpc) is 2.99. The molecule has 0 aromatic heterocycles. The molecule has 0 N–H and O–H groups in total. The molecule has 3 atom stereocenters. The van der Waals surface area contributed by atoms with Crippen LogP contribution in [-0.4, -0.2) is 54.8 Å². The maximum absolute atomic E-state index is 13.5. The summed E-state index contributed by atoms with van der Waals surface area (Å²) in [5.41, 5.74) is 0. The molecule has 3 unspecified atom stereocenters. The second-order valence-electron chi connectivity index (χ2n) is 11.9. The number of unbranched alkanes of at least 4 members (excludes halogenated alkanes) is 12. The molecule has 0 saturated carbocycles. The molecule has 0 spiro atoms. The van der Waals surface area contributed by atoms with E-state index in [4.69, 9.17) is 9.22 Å². The minimum absolute atomic E-state index is 0.307. The van der Waals surface area contributed by atoms with E-state index < -0.39 is 55.3 Å². The molecule has 0 saturated heterocycles. The second kappa shape index (κ2) is 28.5. The Morgan fingerprint density at radius 1 is 0.465 bits per heavy atom. The number of hydrogen-bond acceptors (Lipinski definition) is 9. The van der Waals surface area contributed by atoms with Crippen molar-refractivity contribution < 1.29 is 23.6 Å². The van der Waals surface area contributed by atoms with Gasteiger partial charge in [0.1, 0.15) is 0 Å². The van der Waals surface area contributed by atoms with Gasteiger partial charge in [-0.3, -0.25) is 0 Å². The molecule has 0 heterocycles. The zero-order valence-electron chi connectivity index (χ0n) is 27.8. The molecule has 0 aliphatic carbocycles. The van der Waals surface area contributed by atoms with E-state index in [0.29, 0.717) is 47.4 Å². The molecule has 0 bridgehead atoms. The Hall–Kier alpha value is 0.259. The Bertz CT molecular complexity index is 653. The van der Waals surface area contributed by atoms with E-state index in [2.05, 4.69) is 65.6 Å². The molecule has 0 amide bonds. The summed E-state index contributed by atoms with van der Waals surface area (Å²) in [4.78, 5) is 40.6. The SMILES string of the molecule is CCCCCCCCCCC[CH2][Sn]([O]C(=O)C(CS)CCCC)([O]C(=O)C(CS)CCCC)[O]C(=O)C(CS)CCCC. The van der Waals surface area contributed by atoms with Crippen LogP contribution in [0.1, 0.15) is 150 Å². The first-order valence-corrected chi connectivity index (χ1v) is 24.7. The van der Waals surface area contributed by atoms with Gasteiger partial charge in [0, 0.05) is 0 Å². The predicted octanol–water partition coefficient (Wildman–Crippen LogP) is 9.68. The van der Waals surface area contributed by atoms with Gasteiger partial charge in [0.2, 0.25) is 0 Å². The average molecular weight is 772 g/mol. The van der Waals surface area contributed by atoms with E-state index in [1.807, 2.05) is 0 Å². The number of hydrogen-bond donors (Lipinski definition) is 3. The van der Waals surface area contributed by atoms with Crippen LogP contribution >= 0.6 is 37.9 Å². The van der Waals surface area contributed by atoms with Crippen molar-refractivity contribution >= 4 is 75.4 Å². The van der Waals surface area contributed by atoms with Crippen molar-refractivity contribution in [3.05, 3.63) is 0 Å².